The summed E-state index contributed by atoms with van der Waals surface area (Å²) in [6.45, 7) is 5.25. The first kappa shape index (κ1) is 15.4. The summed E-state index contributed by atoms with van der Waals surface area (Å²) in [4.78, 5) is 22.3. The van der Waals surface area contributed by atoms with Gasteiger partial charge in [-0.05, 0) is 32.0 Å². The van der Waals surface area contributed by atoms with Crippen LogP contribution in [0.4, 0.5) is 11.6 Å². The smallest absolute Gasteiger partial charge is 0.256 e. The van der Waals surface area contributed by atoms with Crippen LogP contribution in [-0.2, 0) is 0 Å². The number of hydrogen-bond acceptors (Lipinski definition) is 4. The van der Waals surface area contributed by atoms with Crippen LogP contribution < -0.4 is 5.32 Å². The maximum Gasteiger partial charge on any atom is 0.256 e. The normalized spacial score (nSPS) is 10.2. The number of benzene rings is 1. The minimum absolute atomic E-state index is 0.0472. The molecule has 1 heterocycles. The van der Waals surface area contributed by atoms with Crippen LogP contribution in [0, 0.1) is 0 Å². The first-order chi connectivity index (χ1) is 10.1. The van der Waals surface area contributed by atoms with E-state index in [1.165, 1.54) is 0 Å². The number of carbonyl (C=O) groups excluding carboxylic acids is 1. The van der Waals surface area contributed by atoms with Crippen molar-refractivity contribution in [3.63, 3.8) is 0 Å². The van der Waals surface area contributed by atoms with E-state index in [0.717, 1.165) is 10.2 Å². The van der Waals surface area contributed by atoms with Crippen molar-refractivity contribution in [2.45, 2.75) is 13.8 Å². The Hall–Kier alpha value is -1.95. The van der Waals surface area contributed by atoms with Crippen LogP contribution in [-0.4, -0.2) is 33.9 Å². The molecule has 0 bridgehead atoms. The number of nitrogens with zero attached hydrogens (tertiary/aromatic N) is 3. The third-order valence-electron chi connectivity index (χ3n) is 3.03. The van der Waals surface area contributed by atoms with E-state index in [2.05, 4.69) is 31.2 Å². The van der Waals surface area contributed by atoms with Crippen LogP contribution in [0.2, 0.25) is 0 Å². The van der Waals surface area contributed by atoms with E-state index in [1.54, 1.807) is 17.3 Å². The van der Waals surface area contributed by atoms with Gasteiger partial charge >= 0.3 is 0 Å². The van der Waals surface area contributed by atoms with E-state index in [1.807, 2.05) is 38.1 Å². The quantitative estimate of drug-likeness (QED) is 0.898. The average molecular weight is 349 g/mol. The van der Waals surface area contributed by atoms with Crippen molar-refractivity contribution in [3.8, 4) is 0 Å². The van der Waals surface area contributed by atoms with Crippen molar-refractivity contribution in [2.75, 3.05) is 18.4 Å². The Morgan fingerprint density at radius 1 is 1.24 bits per heavy atom. The highest BCUT2D eigenvalue weighted by Gasteiger charge is 2.13. The van der Waals surface area contributed by atoms with Crippen LogP contribution in [0.3, 0.4) is 0 Å². The Balaban J connectivity index is 2.10. The molecule has 2 rings (SSSR count). The molecule has 0 saturated carbocycles. The van der Waals surface area contributed by atoms with Gasteiger partial charge in [0, 0.05) is 35.6 Å². The molecule has 6 heteroatoms. The van der Waals surface area contributed by atoms with Crippen LogP contribution >= 0.6 is 15.9 Å². The largest absolute Gasteiger partial charge is 0.339 e. The van der Waals surface area contributed by atoms with E-state index >= 15 is 0 Å². The van der Waals surface area contributed by atoms with Gasteiger partial charge in [0.05, 0.1) is 5.56 Å². The summed E-state index contributed by atoms with van der Waals surface area (Å²) in [5.74, 6) is 0.415. The maximum atomic E-state index is 12.1. The lowest BCUT2D eigenvalue weighted by Gasteiger charge is -2.18. The first-order valence-corrected chi connectivity index (χ1v) is 7.57. The first-order valence-electron chi connectivity index (χ1n) is 6.78. The third kappa shape index (κ3) is 4.01. The fourth-order valence-electron chi connectivity index (χ4n) is 1.89. The molecular formula is C15H17BrN4O. The summed E-state index contributed by atoms with van der Waals surface area (Å²) in [5.41, 5.74) is 1.38. The molecule has 1 amide bonds. The lowest BCUT2D eigenvalue weighted by molar-refractivity contribution is 0.0772. The van der Waals surface area contributed by atoms with Crippen LogP contribution in [0.15, 0.2) is 41.1 Å². The number of anilines is 2. The predicted octanol–water partition coefficient (Wildman–Crippen LogP) is 3.46. The van der Waals surface area contributed by atoms with Crippen LogP contribution in [0.25, 0.3) is 0 Å². The van der Waals surface area contributed by atoms with Crippen LogP contribution in [0.5, 0.6) is 0 Å². The second-order valence-electron chi connectivity index (χ2n) is 4.41. The van der Waals surface area contributed by atoms with Gasteiger partial charge in [-0.3, -0.25) is 4.79 Å². The van der Waals surface area contributed by atoms with Gasteiger partial charge in [-0.1, -0.05) is 22.0 Å². The fourth-order valence-corrected chi connectivity index (χ4v) is 2.29. The number of hydrogen-bond donors (Lipinski definition) is 1. The number of amides is 1. The topological polar surface area (TPSA) is 58.1 Å². The summed E-state index contributed by atoms with van der Waals surface area (Å²) < 4.78 is 0.973. The van der Waals surface area contributed by atoms with E-state index in [0.29, 0.717) is 24.6 Å². The van der Waals surface area contributed by atoms with Crippen molar-refractivity contribution >= 4 is 33.5 Å². The molecule has 1 aromatic heterocycles. The van der Waals surface area contributed by atoms with E-state index in [4.69, 9.17) is 0 Å². The highest BCUT2D eigenvalue weighted by molar-refractivity contribution is 9.10. The van der Waals surface area contributed by atoms with Gasteiger partial charge in [-0.15, -0.1) is 0 Å². The minimum Gasteiger partial charge on any atom is -0.339 e. The summed E-state index contributed by atoms with van der Waals surface area (Å²) in [6, 6.07) is 7.71. The molecule has 0 aliphatic rings. The predicted molar refractivity (Wildman–Crippen MR) is 86.7 cm³/mol. The standard InChI is InChI=1S/C15H17BrN4O/c1-3-20(4-2)14(21)11-9-17-15(18-10-11)19-13-7-5-6-12(16)8-13/h5-10H,3-4H2,1-2H3,(H,17,18,19). The van der Waals surface area contributed by atoms with Crippen LogP contribution in [0.1, 0.15) is 24.2 Å². The van der Waals surface area contributed by atoms with Gasteiger partial charge in [0.15, 0.2) is 0 Å². The second kappa shape index (κ2) is 7.17. The maximum absolute atomic E-state index is 12.1. The molecule has 5 nitrogen and oxygen atoms in total. The molecule has 0 fully saturated rings. The van der Waals surface area contributed by atoms with Crippen molar-refractivity contribution in [1.29, 1.82) is 0 Å². The Bertz CT molecular complexity index is 611. The Morgan fingerprint density at radius 3 is 2.48 bits per heavy atom. The Morgan fingerprint density at radius 2 is 1.90 bits per heavy atom. The molecule has 110 valence electrons. The number of halogens is 1. The monoisotopic (exact) mass is 348 g/mol. The average Bonchev–Trinajstić information content (AvgIpc) is 2.49. The highest BCUT2D eigenvalue weighted by atomic mass is 79.9. The molecule has 0 aliphatic heterocycles. The van der Waals surface area contributed by atoms with Gasteiger partial charge in [-0.2, -0.15) is 0 Å². The summed E-state index contributed by atoms with van der Waals surface area (Å²) >= 11 is 3.41. The zero-order chi connectivity index (χ0) is 15.2. The number of rotatable bonds is 5. The summed E-state index contributed by atoms with van der Waals surface area (Å²) in [7, 11) is 0. The molecule has 0 saturated heterocycles. The summed E-state index contributed by atoms with van der Waals surface area (Å²) in [5, 5.41) is 3.09. The SMILES string of the molecule is CCN(CC)C(=O)c1cnc(Nc2cccc(Br)c2)nc1. The molecular weight excluding hydrogens is 332 g/mol. The molecule has 0 atom stereocenters. The van der Waals surface area contributed by atoms with Gasteiger partial charge < -0.3 is 10.2 Å². The Kier molecular flexibility index (Phi) is 5.27. The molecule has 2 aromatic rings. The number of carbonyl (C=O) groups is 1. The molecule has 0 unspecified atom stereocenters. The van der Waals surface area contributed by atoms with Crippen molar-refractivity contribution in [1.82, 2.24) is 14.9 Å². The molecule has 21 heavy (non-hydrogen) atoms. The van der Waals surface area contributed by atoms with E-state index in [9.17, 15) is 4.79 Å². The molecule has 0 aliphatic carbocycles. The summed E-state index contributed by atoms with van der Waals surface area (Å²) in [6.07, 6.45) is 3.10. The highest BCUT2D eigenvalue weighted by Crippen LogP contribution is 2.18. The second-order valence-corrected chi connectivity index (χ2v) is 5.32. The van der Waals surface area contributed by atoms with Gasteiger partial charge in [0.1, 0.15) is 0 Å². The molecule has 1 N–H and O–H groups in total. The number of aromatic nitrogens is 2. The van der Waals surface area contributed by atoms with E-state index < -0.39 is 0 Å². The third-order valence-corrected chi connectivity index (χ3v) is 3.52. The van der Waals surface area contributed by atoms with Crippen molar-refractivity contribution < 1.29 is 4.79 Å². The Labute approximate surface area is 132 Å². The van der Waals surface area contributed by atoms with Gasteiger partial charge in [-0.25, -0.2) is 9.97 Å². The van der Waals surface area contributed by atoms with Gasteiger partial charge in [0.2, 0.25) is 5.95 Å². The van der Waals surface area contributed by atoms with Gasteiger partial charge in [0.25, 0.3) is 5.91 Å². The molecule has 0 radical (unpaired) electrons. The lowest BCUT2D eigenvalue weighted by atomic mass is 10.3. The fraction of sp³-hybridized carbons (Fsp3) is 0.267. The minimum atomic E-state index is -0.0472. The zero-order valence-electron chi connectivity index (χ0n) is 12.0. The molecule has 0 spiro atoms. The number of nitrogens with one attached hydrogen (secondary N) is 1. The van der Waals surface area contributed by atoms with E-state index in [-0.39, 0.29) is 5.91 Å². The van der Waals surface area contributed by atoms with Crippen molar-refractivity contribution in [2.24, 2.45) is 0 Å². The molecule has 1 aromatic carbocycles. The van der Waals surface area contributed by atoms with Crippen molar-refractivity contribution in [3.05, 3.63) is 46.7 Å². The lowest BCUT2D eigenvalue weighted by Crippen LogP contribution is -2.30. The zero-order valence-corrected chi connectivity index (χ0v) is 13.6.